The number of hydrogen-bond donors (Lipinski definition) is 0. The molecule has 0 aliphatic heterocycles. The van der Waals surface area contributed by atoms with Crippen LogP contribution < -0.4 is 0 Å². The molecule has 0 aromatic rings. The molecule has 0 heterocycles. The average molecular weight is 169 g/mol. The highest BCUT2D eigenvalue weighted by Crippen LogP contribution is 2.32. The summed E-state index contributed by atoms with van der Waals surface area (Å²) in [5.74, 6) is 0. The lowest BCUT2D eigenvalue weighted by atomic mass is 9.78. The topological polar surface area (TPSA) is 29.4 Å². The van der Waals surface area contributed by atoms with E-state index in [9.17, 15) is 4.79 Å². The van der Waals surface area contributed by atoms with Gasteiger partial charge in [0.05, 0.1) is 5.54 Å². The molecule has 0 aliphatic rings. The zero-order valence-electron chi connectivity index (χ0n) is 8.77. The van der Waals surface area contributed by atoms with Crippen molar-refractivity contribution in [1.82, 2.24) is 0 Å². The molecular weight excluding hydrogens is 150 g/mol. The van der Waals surface area contributed by atoms with Crippen molar-refractivity contribution < 1.29 is 4.79 Å². The van der Waals surface area contributed by atoms with Crippen molar-refractivity contribution in [3.63, 3.8) is 0 Å². The predicted octanol–water partition coefficient (Wildman–Crippen LogP) is 2.93. The Labute approximate surface area is 75.1 Å². The Hall–Kier alpha value is -0.620. The fourth-order valence-electron chi connectivity index (χ4n) is 1.46. The molecule has 0 fully saturated rings. The molecule has 2 nitrogen and oxygen atoms in total. The molecule has 0 aromatic heterocycles. The van der Waals surface area contributed by atoms with Gasteiger partial charge in [-0.15, -0.1) is 0 Å². The van der Waals surface area contributed by atoms with Gasteiger partial charge >= 0.3 is 0 Å². The molecule has 0 aromatic carbocycles. The Bertz CT molecular complexity index is 188. The highest BCUT2D eigenvalue weighted by atomic mass is 16.1. The van der Waals surface area contributed by atoms with Crippen LogP contribution in [0, 0.1) is 5.41 Å². The molecular formula is C10H19NO. The Morgan fingerprint density at radius 3 is 2.08 bits per heavy atom. The number of nitrogens with zero attached hydrogens (tertiary/aromatic N) is 1. The molecule has 0 aliphatic carbocycles. The maximum absolute atomic E-state index is 10.1. The monoisotopic (exact) mass is 169 g/mol. The minimum absolute atomic E-state index is 0.254. The first kappa shape index (κ1) is 11.4. The van der Waals surface area contributed by atoms with E-state index in [1.807, 2.05) is 13.8 Å². The zero-order valence-corrected chi connectivity index (χ0v) is 8.77. The summed E-state index contributed by atoms with van der Waals surface area (Å²) in [5.41, 5.74) is -0.00882. The summed E-state index contributed by atoms with van der Waals surface area (Å²) in [6.07, 6.45) is 3.65. The van der Waals surface area contributed by atoms with Crippen LogP contribution in [0.3, 0.4) is 0 Å². The predicted molar refractivity (Wildman–Crippen MR) is 50.9 cm³/mol. The van der Waals surface area contributed by atoms with Crippen molar-refractivity contribution in [2.45, 2.75) is 53.0 Å². The van der Waals surface area contributed by atoms with E-state index in [4.69, 9.17) is 0 Å². The first-order chi connectivity index (χ1) is 5.33. The van der Waals surface area contributed by atoms with E-state index >= 15 is 0 Å². The third-order valence-electron chi connectivity index (χ3n) is 2.22. The number of rotatable bonds is 4. The molecule has 0 atom stereocenters. The molecule has 0 N–H and O–H groups in total. The lowest BCUT2D eigenvalue weighted by Crippen LogP contribution is -2.26. The maximum Gasteiger partial charge on any atom is 0.235 e. The number of carbonyl (C=O) groups excluding carboxylic acids is 1. The highest BCUT2D eigenvalue weighted by Gasteiger charge is 2.26. The summed E-state index contributed by atoms with van der Waals surface area (Å²) >= 11 is 0. The van der Waals surface area contributed by atoms with E-state index in [2.05, 4.69) is 25.8 Å². The van der Waals surface area contributed by atoms with E-state index in [0.717, 1.165) is 12.8 Å². The minimum atomic E-state index is -0.263. The van der Waals surface area contributed by atoms with Crippen LogP contribution in [-0.4, -0.2) is 11.6 Å². The number of isocyanates is 1. The third kappa shape index (κ3) is 4.30. The van der Waals surface area contributed by atoms with Gasteiger partial charge in [0, 0.05) is 0 Å². The standard InChI is InChI=1S/C10H19NO/c1-6-9(2,3)7-10(4,5)11-8-12/h6-7H2,1-5H3. The SMILES string of the molecule is CCC(C)(C)CC(C)(C)N=C=O. The second kappa shape index (κ2) is 3.86. The van der Waals surface area contributed by atoms with Gasteiger partial charge in [0.15, 0.2) is 0 Å². The highest BCUT2D eigenvalue weighted by molar-refractivity contribution is 5.34. The Morgan fingerprint density at radius 2 is 1.75 bits per heavy atom. The fraction of sp³-hybridized carbons (Fsp3) is 0.900. The summed E-state index contributed by atoms with van der Waals surface area (Å²) in [6.45, 7) is 10.5. The molecule has 12 heavy (non-hydrogen) atoms. The molecule has 0 unspecified atom stereocenters. The molecule has 0 saturated carbocycles. The zero-order chi connectivity index (χ0) is 9.83. The van der Waals surface area contributed by atoms with E-state index in [1.165, 1.54) is 0 Å². The van der Waals surface area contributed by atoms with E-state index in [0.29, 0.717) is 0 Å². The van der Waals surface area contributed by atoms with Crippen LogP contribution in [0.1, 0.15) is 47.5 Å². The van der Waals surface area contributed by atoms with E-state index in [-0.39, 0.29) is 11.0 Å². The van der Waals surface area contributed by atoms with Crippen molar-refractivity contribution in [1.29, 1.82) is 0 Å². The summed E-state index contributed by atoms with van der Waals surface area (Å²) in [6, 6.07) is 0. The van der Waals surface area contributed by atoms with Crippen LogP contribution in [0.25, 0.3) is 0 Å². The quantitative estimate of drug-likeness (QED) is 0.470. The molecule has 0 bridgehead atoms. The van der Waals surface area contributed by atoms with Crippen molar-refractivity contribution in [2.75, 3.05) is 0 Å². The van der Waals surface area contributed by atoms with Crippen LogP contribution in [0.15, 0.2) is 4.99 Å². The molecule has 0 rings (SSSR count). The van der Waals surface area contributed by atoms with Crippen LogP contribution in [0.4, 0.5) is 0 Å². The van der Waals surface area contributed by atoms with Gasteiger partial charge in [-0.3, -0.25) is 0 Å². The summed E-state index contributed by atoms with van der Waals surface area (Å²) in [4.78, 5) is 13.9. The van der Waals surface area contributed by atoms with Crippen LogP contribution in [0.5, 0.6) is 0 Å². The summed E-state index contributed by atoms with van der Waals surface area (Å²) in [7, 11) is 0. The first-order valence-electron chi connectivity index (χ1n) is 4.42. The Balaban J connectivity index is 4.32. The van der Waals surface area contributed by atoms with Gasteiger partial charge in [-0.1, -0.05) is 27.2 Å². The molecule has 0 spiro atoms. The molecule has 0 radical (unpaired) electrons. The first-order valence-corrected chi connectivity index (χ1v) is 4.42. The van der Waals surface area contributed by atoms with E-state index < -0.39 is 0 Å². The van der Waals surface area contributed by atoms with Gasteiger partial charge in [-0.25, -0.2) is 4.79 Å². The largest absolute Gasteiger partial charge is 0.235 e. The van der Waals surface area contributed by atoms with Crippen molar-refractivity contribution in [3.05, 3.63) is 0 Å². The van der Waals surface area contributed by atoms with Gasteiger partial charge in [-0.05, 0) is 25.7 Å². The number of aliphatic imine (C=N–C) groups is 1. The normalized spacial score (nSPS) is 12.4. The van der Waals surface area contributed by atoms with Crippen LogP contribution >= 0.6 is 0 Å². The summed E-state index contributed by atoms with van der Waals surface area (Å²) in [5, 5.41) is 0. The lowest BCUT2D eigenvalue weighted by Gasteiger charge is -2.30. The Kier molecular flexibility index (Phi) is 3.66. The smallest absolute Gasteiger partial charge is 0.211 e. The van der Waals surface area contributed by atoms with Crippen molar-refractivity contribution >= 4 is 6.08 Å². The second-order valence-corrected chi connectivity index (χ2v) is 4.71. The van der Waals surface area contributed by atoms with Gasteiger partial charge in [0.2, 0.25) is 6.08 Å². The van der Waals surface area contributed by atoms with Crippen molar-refractivity contribution in [3.8, 4) is 0 Å². The van der Waals surface area contributed by atoms with Gasteiger partial charge in [0.25, 0.3) is 0 Å². The molecule has 0 amide bonds. The second-order valence-electron chi connectivity index (χ2n) is 4.71. The fourth-order valence-corrected chi connectivity index (χ4v) is 1.46. The average Bonchev–Trinajstić information content (AvgIpc) is 1.85. The number of hydrogen-bond acceptors (Lipinski definition) is 2. The molecule has 70 valence electrons. The van der Waals surface area contributed by atoms with Crippen LogP contribution in [-0.2, 0) is 4.79 Å². The van der Waals surface area contributed by atoms with Gasteiger partial charge < -0.3 is 0 Å². The third-order valence-corrected chi connectivity index (χ3v) is 2.22. The Morgan fingerprint density at radius 1 is 1.25 bits per heavy atom. The van der Waals surface area contributed by atoms with Gasteiger partial charge in [-0.2, -0.15) is 4.99 Å². The molecule has 0 saturated heterocycles. The molecule has 2 heteroatoms. The minimum Gasteiger partial charge on any atom is -0.211 e. The van der Waals surface area contributed by atoms with Crippen LogP contribution in [0.2, 0.25) is 0 Å². The lowest BCUT2D eigenvalue weighted by molar-refractivity contribution is 0.252. The van der Waals surface area contributed by atoms with Crippen molar-refractivity contribution in [2.24, 2.45) is 10.4 Å². The van der Waals surface area contributed by atoms with E-state index in [1.54, 1.807) is 6.08 Å². The maximum atomic E-state index is 10.1. The summed E-state index contributed by atoms with van der Waals surface area (Å²) < 4.78 is 0. The van der Waals surface area contributed by atoms with Gasteiger partial charge in [0.1, 0.15) is 0 Å².